The molecular weight excluding hydrogens is 235 g/mol. The summed E-state index contributed by atoms with van der Waals surface area (Å²) in [7, 11) is 0. The molecule has 0 bridgehead atoms. The van der Waals surface area contributed by atoms with Gasteiger partial charge in [-0.25, -0.2) is 10.4 Å². The lowest BCUT2D eigenvalue weighted by Gasteiger charge is -2.23. The Morgan fingerprint density at radius 2 is 2.20 bits per heavy atom. The third kappa shape index (κ3) is 4.33. The molecule has 0 radical (unpaired) electrons. The first-order valence-corrected chi connectivity index (χ1v) is 4.79. The van der Waals surface area contributed by atoms with Crippen LogP contribution in [0.25, 0.3) is 0 Å². The summed E-state index contributed by atoms with van der Waals surface area (Å²) in [4.78, 5) is 10.9. The fourth-order valence-electron chi connectivity index (χ4n) is 1.38. The lowest BCUT2D eigenvalue weighted by atomic mass is 10.2. The zero-order valence-electron chi connectivity index (χ0n) is 7.77. The van der Waals surface area contributed by atoms with Crippen molar-refractivity contribution >= 4 is 16.8 Å². The second-order valence-corrected chi connectivity index (χ2v) is 3.61. The summed E-state index contributed by atoms with van der Waals surface area (Å²) >= 11 is 5.28. The summed E-state index contributed by atoms with van der Waals surface area (Å²) < 4.78 is 35.3. The van der Waals surface area contributed by atoms with Crippen molar-refractivity contribution in [2.45, 2.75) is 25.1 Å². The number of hydrogen-bond donors (Lipinski definition) is 2. The number of rotatable bonds is 4. The summed E-state index contributed by atoms with van der Waals surface area (Å²) in [5, 5.41) is 0.815. The molecule has 1 saturated heterocycles. The molecule has 1 aliphatic rings. The van der Waals surface area contributed by atoms with E-state index in [0.29, 0.717) is 13.0 Å². The van der Waals surface area contributed by atoms with Gasteiger partial charge in [-0.15, -0.1) is 0 Å². The van der Waals surface area contributed by atoms with Gasteiger partial charge in [0, 0.05) is 6.54 Å². The van der Waals surface area contributed by atoms with Crippen LogP contribution in [0.4, 0.5) is 13.2 Å². The van der Waals surface area contributed by atoms with E-state index in [1.165, 1.54) is 5.01 Å². The van der Waals surface area contributed by atoms with Crippen LogP contribution in [0.5, 0.6) is 0 Å². The van der Waals surface area contributed by atoms with E-state index in [2.05, 4.69) is 5.53 Å². The Bertz CT molecular complexity index is 236. The van der Waals surface area contributed by atoms with Crippen LogP contribution in [-0.2, 0) is 4.79 Å². The normalized spacial score (nSPS) is 23.3. The molecule has 4 nitrogen and oxygen atoms in total. The number of nitrogens with zero attached hydrogens (tertiary/aromatic N) is 1. The quantitative estimate of drug-likeness (QED) is 0.568. The number of hydrogen-bond acceptors (Lipinski definition) is 4. The van der Waals surface area contributed by atoms with Gasteiger partial charge in [-0.1, -0.05) is 0 Å². The Morgan fingerprint density at radius 1 is 1.53 bits per heavy atom. The summed E-state index contributed by atoms with van der Waals surface area (Å²) in [6.45, 7) is -0.666. The van der Waals surface area contributed by atoms with Crippen molar-refractivity contribution in [1.82, 2.24) is 16.0 Å². The van der Waals surface area contributed by atoms with E-state index in [4.69, 9.17) is 11.6 Å². The second-order valence-electron chi connectivity index (χ2n) is 3.24. The van der Waals surface area contributed by atoms with E-state index in [1.807, 2.05) is 5.43 Å². The van der Waals surface area contributed by atoms with Crippen LogP contribution in [-0.4, -0.2) is 35.6 Å². The van der Waals surface area contributed by atoms with Crippen molar-refractivity contribution < 1.29 is 18.0 Å². The highest BCUT2D eigenvalue weighted by Crippen LogP contribution is 2.17. The van der Waals surface area contributed by atoms with Crippen LogP contribution in [0.1, 0.15) is 12.8 Å². The molecule has 0 aromatic rings. The smallest absolute Gasteiger partial charge is 0.279 e. The van der Waals surface area contributed by atoms with Gasteiger partial charge in [0.2, 0.25) is 5.24 Å². The maximum absolute atomic E-state index is 11.8. The van der Waals surface area contributed by atoms with Gasteiger partial charge in [0.15, 0.2) is 0 Å². The molecule has 0 aliphatic carbocycles. The van der Waals surface area contributed by atoms with E-state index in [9.17, 15) is 18.0 Å². The minimum Gasteiger partial charge on any atom is -0.279 e. The minimum atomic E-state index is -4.28. The summed E-state index contributed by atoms with van der Waals surface area (Å²) in [6.07, 6.45) is -3.00. The van der Waals surface area contributed by atoms with Crippen LogP contribution in [0.15, 0.2) is 0 Å². The molecule has 0 unspecified atom stereocenters. The molecule has 0 spiro atoms. The SMILES string of the molecule is O=C(Cl)[C@@H]1CCCN1NNCC(F)(F)F. The molecule has 0 aromatic heterocycles. The highest BCUT2D eigenvalue weighted by Gasteiger charge is 2.31. The van der Waals surface area contributed by atoms with Crippen molar-refractivity contribution in [2.75, 3.05) is 13.1 Å². The molecule has 88 valence electrons. The standard InChI is InChI=1S/C7H11ClF3N3O/c8-6(15)5-2-1-3-14(5)13-12-4-7(9,10)11/h5,12-13H,1-4H2/t5-/m0/s1. The zero-order valence-corrected chi connectivity index (χ0v) is 8.53. The first-order valence-electron chi connectivity index (χ1n) is 4.41. The van der Waals surface area contributed by atoms with Gasteiger partial charge in [0.1, 0.15) is 6.54 Å². The number of hydrazine groups is 2. The molecule has 0 amide bonds. The van der Waals surface area contributed by atoms with Gasteiger partial charge >= 0.3 is 6.18 Å². The fourth-order valence-corrected chi connectivity index (χ4v) is 1.60. The Labute approximate surface area is 89.7 Å². The van der Waals surface area contributed by atoms with Gasteiger partial charge in [-0.3, -0.25) is 4.79 Å². The zero-order chi connectivity index (χ0) is 11.5. The highest BCUT2D eigenvalue weighted by atomic mass is 35.5. The van der Waals surface area contributed by atoms with Gasteiger partial charge in [0.05, 0.1) is 6.04 Å². The maximum atomic E-state index is 11.8. The molecule has 0 aromatic carbocycles. The lowest BCUT2D eigenvalue weighted by molar-refractivity contribution is -0.131. The molecule has 1 rings (SSSR count). The third-order valence-electron chi connectivity index (χ3n) is 2.03. The average Bonchev–Trinajstić information content (AvgIpc) is 2.49. The van der Waals surface area contributed by atoms with Crippen molar-refractivity contribution in [3.63, 3.8) is 0 Å². The first-order chi connectivity index (χ1) is 6.90. The Morgan fingerprint density at radius 3 is 2.73 bits per heavy atom. The third-order valence-corrected chi connectivity index (χ3v) is 2.28. The van der Waals surface area contributed by atoms with Crippen LogP contribution in [0, 0.1) is 0 Å². The maximum Gasteiger partial charge on any atom is 0.402 e. The van der Waals surface area contributed by atoms with E-state index >= 15 is 0 Å². The van der Waals surface area contributed by atoms with Crippen molar-refractivity contribution in [1.29, 1.82) is 0 Å². The monoisotopic (exact) mass is 245 g/mol. The molecule has 0 saturated carbocycles. The second kappa shape index (κ2) is 5.11. The Hall–Kier alpha value is -0.370. The number of alkyl halides is 3. The van der Waals surface area contributed by atoms with Gasteiger partial charge in [-0.2, -0.15) is 18.7 Å². The van der Waals surface area contributed by atoms with Gasteiger partial charge in [-0.05, 0) is 24.4 Å². The fraction of sp³-hybridized carbons (Fsp3) is 0.857. The van der Waals surface area contributed by atoms with E-state index in [0.717, 1.165) is 6.42 Å². The molecule has 2 N–H and O–H groups in total. The van der Waals surface area contributed by atoms with Crippen LogP contribution in [0.2, 0.25) is 0 Å². The van der Waals surface area contributed by atoms with E-state index in [1.54, 1.807) is 0 Å². The Balaban J connectivity index is 2.29. The molecule has 1 atom stereocenters. The van der Waals surface area contributed by atoms with Gasteiger partial charge < -0.3 is 0 Å². The predicted molar refractivity (Wildman–Crippen MR) is 47.8 cm³/mol. The molecule has 1 aliphatic heterocycles. The topological polar surface area (TPSA) is 44.4 Å². The summed E-state index contributed by atoms with van der Waals surface area (Å²) in [5.41, 5.74) is 4.32. The predicted octanol–water partition coefficient (Wildman–Crippen LogP) is 0.788. The summed E-state index contributed by atoms with van der Waals surface area (Å²) in [5.74, 6) is 0. The van der Waals surface area contributed by atoms with Gasteiger partial charge in [0.25, 0.3) is 0 Å². The largest absolute Gasteiger partial charge is 0.402 e. The van der Waals surface area contributed by atoms with Crippen molar-refractivity contribution in [2.24, 2.45) is 0 Å². The number of nitrogens with one attached hydrogen (secondary N) is 2. The highest BCUT2D eigenvalue weighted by molar-refractivity contribution is 6.64. The number of halogens is 4. The van der Waals surface area contributed by atoms with E-state index < -0.39 is 24.0 Å². The van der Waals surface area contributed by atoms with Crippen molar-refractivity contribution in [3.8, 4) is 0 Å². The molecular formula is C7H11ClF3N3O. The minimum absolute atomic E-state index is 0.494. The summed E-state index contributed by atoms with van der Waals surface area (Å²) in [6, 6.07) is -0.549. The molecule has 1 fully saturated rings. The molecule has 15 heavy (non-hydrogen) atoms. The Kier molecular flexibility index (Phi) is 4.32. The first kappa shape index (κ1) is 12.7. The number of carbonyl (C=O) groups excluding carboxylic acids is 1. The lowest BCUT2D eigenvalue weighted by Crippen LogP contribution is -2.53. The molecule has 8 heteroatoms. The number of carbonyl (C=O) groups is 1. The van der Waals surface area contributed by atoms with Crippen LogP contribution in [0.3, 0.4) is 0 Å². The van der Waals surface area contributed by atoms with Crippen LogP contribution < -0.4 is 11.0 Å². The average molecular weight is 246 g/mol. The van der Waals surface area contributed by atoms with Crippen LogP contribution >= 0.6 is 11.6 Å². The molecule has 1 heterocycles. The van der Waals surface area contributed by atoms with E-state index in [-0.39, 0.29) is 0 Å². The van der Waals surface area contributed by atoms with Crippen molar-refractivity contribution in [3.05, 3.63) is 0 Å².